The predicted molar refractivity (Wildman–Crippen MR) is 44.3 cm³/mol. The van der Waals surface area contributed by atoms with Crippen LogP contribution in [0.3, 0.4) is 0 Å². The van der Waals surface area contributed by atoms with Crippen molar-refractivity contribution in [2.75, 3.05) is 19.7 Å². The molecule has 0 unspecified atom stereocenters. The third-order valence-corrected chi connectivity index (χ3v) is 1.06. The van der Waals surface area contributed by atoms with E-state index < -0.39 is 0 Å². The molecule has 0 radical (unpaired) electrons. The van der Waals surface area contributed by atoms with E-state index in [4.69, 9.17) is 0 Å². The van der Waals surface area contributed by atoms with Crippen LogP contribution in [0, 0.1) is 0 Å². The van der Waals surface area contributed by atoms with Gasteiger partial charge in [-0.1, -0.05) is 13.0 Å². The highest BCUT2D eigenvalue weighted by Gasteiger charge is 1.85. The van der Waals surface area contributed by atoms with E-state index in [1.807, 2.05) is 19.1 Å². The molecule has 3 nitrogen and oxygen atoms in total. The highest BCUT2D eigenvalue weighted by atomic mass is 16.5. The van der Waals surface area contributed by atoms with E-state index in [-0.39, 0.29) is 5.97 Å². The molecule has 0 aromatic rings. The van der Waals surface area contributed by atoms with Crippen molar-refractivity contribution in [1.29, 1.82) is 0 Å². The monoisotopic (exact) mass is 157 g/mol. The fourth-order valence-electron chi connectivity index (χ4n) is 0.545. The quantitative estimate of drug-likeness (QED) is 0.363. The van der Waals surface area contributed by atoms with Gasteiger partial charge in [0.05, 0.1) is 0 Å². The number of carbonyl (C=O) groups is 1. The van der Waals surface area contributed by atoms with Crippen LogP contribution >= 0.6 is 0 Å². The summed E-state index contributed by atoms with van der Waals surface area (Å²) < 4.78 is 4.67. The first-order valence-corrected chi connectivity index (χ1v) is 3.76. The molecule has 0 aliphatic heterocycles. The SMILES string of the molecule is CCNCC=CCOC(C)=O. The van der Waals surface area contributed by atoms with Crippen LogP contribution in [-0.4, -0.2) is 25.7 Å². The maximum atomic E-state index is 10.3. The third kappa shape index (κ3) is 9.17. The molecule has 0 atom stereocenters. The summed E-state index contributed by atoms with van der Waals surface area (Å²) in [5.74, 6) is -0.238. The molecule has 11 heavy (non-hydrogen) atoms. The minimum atomic E-state index is -0.238. The Bertz CT molecular complexity index is 132. The van der Waals surface area contributed by atoms with Crippen LogP contribution in [0.1, 0.15) is 13.8 Å². The molecule has 0 rings (SSSR count). The van der Waals surface area contributed by atoms with Gasteiger partial charge in [0, 0.05) is 13.5 Å². The highest BCUT2D eigenvalue weighted by Crippen LogP contribution is 1.77. The molecular weight excluding hydrogens is 142 g/mol. The Morgan fingerprint density at radius 2 is 2.27 bits per heavy atom. The van der Waals surface area contributed by atoms with E-state index in [0.29, 0.717) is 6.61 Å². The Kier molecular flexibility index (Phi) is 6.73. The van der Waals surface area contributed by atoms with Gasteiger partial charge in [0.25, 0.3) is 0 Å². The van der Waals surface area contributed by atoms with Gasteiger partial charge in [-0.25, -0.2) is 0 Å². The number of ether oxygens (including phenoxy) is 1. The lowest BCUT2D eigenvalue weighted by Gasteiger charge is -1.95. The lowest BCUT2D eigenvalue weighted by molar-refractivity contribution is -0.139. The molecule has 0 saturated carbocycles. The molecular formula is C8H15NO2. The van der Waals surface area contributed by atoms with Crippen LogP contribution in [0.5, 0.6) is 0 Å². The largest absolute Gasteiger partial charge is 0.462 e. The van der Waals surface area contributed by atoms with Gasteiger partial charge in [-0.15, -0.1) is 0 Å². The lowest BCUT2D eigenvalue weighted by atomic mass is 10.5. The Morgan fingerprint density at radius 3 is 2.82 bits per heavy atom. The van der Waals surface area contributed by atoms with Crippen LogP contribution in [0.4, 0.5) is 0 Å². The summed E-state index contributed by atoms with van der Waals surface area (Å²) in [6.45, 7) is 5.61. The molecule has 0 aliphatic rings. The number of likely N-dealkylation sites (N-methyl/N-ethyl adjacent to an activating group) is 1. The van der Waals surface area contributed by atoms with E-state index in [1.54, 1.807) is 0 Å². The van der Waals surface area contributed by atoms with Crippen LogP contribution < -0.4 is 5.32 Å². The van der Waals surface area contributed by atoms with E-state index in [9.17, 15) is 4.79 Å². The van der Waals surface area contributed by atoms with Crippen molar-refractivity contribution < 1.29 is 9.53 Å². The minimum Gasteiger partial charge on any atom is -0.462 e. The molecule has 0 aliphatic carbocycles. The van der Waals surface area contributed by atoms with Crippen LogP contribution in [-0.2, 0) is 9.53 Å². The molecule has 0 heterocycles. The third-order valence-electron chi connectivity index (χ3n) is 1.06. The molecule has 0 aromatic heterocycles. The first-order valence-electron chi connectivity index (χ1n) is 3.76. The van der Waals surface area contributed by atoms with Gasteiger partial charge in [-0.2, -0.15) is 0 Å². The fourth-order valence-corrected chi connectivity index (χ4v) is 0.545. The summed E-state index contributed by atoms with van der Waals surface area (Å²) in [6.07, 6.45) is 3.76. The van der Waals surface area contributed by atoms with Gasteiger partial charge in [0.1, 0.15) is 6.61 Å². The summed E-state index contributed by atoms with van der Waals surface area (Å²) in [7, 11) is 0. The number of esters is 1. The van der Waals surface area contributed by atoms with Crippen molar-refractivity contribution in [1.82, 2.24) is 5.32 Å². The van der Waals surface area contributed by atoms with Gasteiger partial charge in [-0.05, 0) is 12.6 Å². The van der Waals surface area contributed by atoms with Crippen molar-refractivity contribution in [3.63, 3.8) is 0 Å². The van der Waals surface area contributed by atoms with Gasteiger partial charge in [0.2, 0.25) is 0 Å². The normalized spacial score (nSPS) is 10.4. The number of rotatable bonds is 5. The Hall–Kier alpha value is -0.830. The van der Waals surface area contributed by atoms with Gasteiger partial charge in [-0.3, -0.25) is 4.79 Å². The zero-order chi connectivity index (χ0) is 8.53. The second-order valence-corrected chi connectivity index (χ2v) is 2.08. The maximum absolute atomic E-state index is 10.3. The highest BCUT2D eigenvalue weighted by molar-refractivity contribution is 5.65. The molecule has 3 heteroatoms. The summed E-state index contributed by atoms with van der Waals surface area (Å²) in [5.41, 5.74) is 0. The average Bonchev–Trinajstić information content (AvgIpc) is 1.96. The van der Waals surface area contributed by atoms with Crippen LogP contribution in [0.15, 0.2) is 12.2 Å². The van der Waals surface area contributed by atoms with Crippen molar-refractivity contribution in [3.05, 3.63) is 12.2 Å². The molecule has 1 N–H and O–H groups in total. The summed E-state index contributed by atoms with van der Waals surface area (Å²) in [4.78, 5) is 10.3. The standard InChI is InChI=1S/C8H15NO2/c1-3-9-6-4-5-7-11-8(2)10/h4-5,9H,3,6-7H2,1-2H3. The number of hydrogen-bond donors (Lipinski definition) is 1. The second kappa shape index (κ2) is 7.28. The Morgan fingerprint density at radius 1 is 1.55 bits per heavy atom. The fraction of sp³-hybridized carbons (Fsp3) is 0.625. The first kappa shape index (κ1) is 10.2. The molecule has 0 bridgehead atoms. The van der Waals surface area contributed by atoms with E-state index in [0.717, 1.165) is 13.1 Å². The Balaban J connectivity index is 3.10. The average molecular weight is 157 g/mol. The van der Waals surface area contributed by atoms with Crippen LogP contribution in [0.25, 0.3) is 0 Å². The predicted octanol–water partition coefficient (Wildman–Crippen LogP) is 0.715. The van der Waals surface area contributed by atoms with Crippen molar-refractivity contribution in [3.8, 4) is 0 Å². The lowest BCUT2D eigenvalue weighted by Crippen LogP contribution is -2.11. The molecule has 0 saturated heterocycles. The molecule has 0 fully saturated rings. The van der Waals surface area contributed by atoms with Gasteiger partial charge in [0.15, 0.2) is 0 Å². The zero-order valence-corrected chi connectivity index (χ0v) is 7.09. The number of carbonyl (C=O) groups excluding carboxylic acids is 1. The topological polar surface area (TPSA) is 38.3 Å². The second-order valence-electron chi connectivity index (χ2n) is 2.08. The van der Waals surface area contributed by atoms with E-state index in [2.05, 4.69) is 10.1 Å². The smallest absolute Gasteiger partial charge is 0.302 e. The van der Waals surface area contributed by atoms with E-state index in [1.165, 1.54) is 6.92 Å². The minimum absolute atomic E-state index is 0.238. The summed E-state index contributed by atoms with van der Waals surface area (Å²) >= 11 is 0. The molecule has 0 aromatic carbocycles. The van der Waals surface area contributed by atoms with Gasteiger partial charge < -0.3 is 10.1 Å². The zero-order valence-electron chi connectivity index (χ0n) is 7.09. The number of nitrogens with one attached hydrogen (secondary N) is 1. The van der Waals surface area contributed by atoms with Crippen molar-refractivity contribution in [2.24, 2.45) is 0 Å². The van der Waals surface area contributed by atoms with E-state index >= 15 is 0 Å². The molecule has 64 valence electrons. The van der Waals surface area contributed by atoms with Gasteiger partial charge >= 0.3 is 5.97 Å². The molecule has 0 amide bonds. The molecule has 0 spiro atoms. The Labute approximate surface area is 67.4 Å². The number of hydrogen-bond acceptors (Lipinski definition) is 3. The maximum Gasteiger partial charge on any atom is 0.302 e. The summed E-state index contributed by atoms with van der Waals surface area (Å²) in [6, 6.07) is 0. The first-order chi connectivity index (χ1) is 5.27. The van der Waals surface area contributed by atoms with Crippen molar-refractivity contribution in [2.45, 2.75) is 13.8 Å². The van der Waals surface area contributed by atoms with Crippen molar-refractivity contribution >= 4 is 5.97 Å². The van der Waals surface area contributed by atoms with Crippen LogP contribution in [0.2, 0.25) is 0 Å². The summed E-state index contributed by atoms with van der Waals surface area (Å²) in [5, 5.41) is 3.11.